The van der Waals surface area contributed by atoms with Crippen LogP contribution in [0.3, 0.4) is 0 Å². The number of aryl methyl sites for hydroxylation is 1. The molecule has 0 amide bonds. The molecule has 0 bridgehead atoms. The van der Waals surface area contributed by atoms with Crippen molar-refractivity contribution >= 4 is 11.6 Å². The van der Waals surface area contributed by atoms with E-state index >= 15 is 0 Å². The Morgan fingerprint density at radius 1 is 1.25 bits per heavy atom. The van der Waals surface area contributed by atoms with Crippen molar-refractivity contribution in [3.8, 4) is 5.88 Å². The van der Waals surface area contributed by atoms with Gasteiger partial charge in [-0.25, -0.2) is 4.98 Å². The van der Waals surface area contributed by atoms with Gasteiger partial charge in [0.2, 0.25) is 11.2 Å². The van der Waals surface area contributed by atoms with E-state index in [0.717, 1.165) is 12.0 Å². The highest BCUT2D eigenvalue weighted by molar-refractivity contribution is 6.28. The molecule has 0 aromatic carbocycles. The van der Waals surface area contributed by atoms with Gasteiger partial charge in [-0.05, 0) is 24.9 Å². The van der Waals surface area contributed by atoms with E-state index in [2.05, 4.69) is 16.9 Å². The molecule has 0 spiro atoms. The quantitative estimate of drug-likeness (QED) is 0.539. The first kappa shape index (κ1) is 13.2. The number of ether oxygens (including phenoxy) is 1. The summed E-state index contributed by atoms with van der Waals surface area (Å²) in [5.74, 6) is 0.607. The van der Waals surface area contributed by atoms with E-state index in [1.807, 2.05) is 6.92 Å². The van der Waals surface area contributed by atoms with Gasteiger partial charge in [0, 0.05) is 11.8 Å². The number of nitrogens with zero attached hydrogens (tertiary/aromatic N) is 2. The zero-order valence-electron chi connectivity index (χ0n) is 10.0. The Hall–Kier alpha value is -0.830. The third-order valence-electron chi connectivity index (χ3n) is 2.38. The molecule has 0 radical (unpaired) electrons. The number of rotatable bonds is 7. The number of hydrogen-bond donors (Lipinski definition) is 0. The van der Waals surface area contributed by atoms with Crippen LogP contribution in [-0.4, -0.2) is 16.6 Å². The normalized spacial score (nSPS) is 10.4. The van der Waals surface area contributed by atoms with Crippen molar-refractivity contribution in [3.63, 3.8) is 0 Å². The maximum Gasteiger partial charge on any atom is 0.225 e. The van der Waals surface area contributed by atoms with Crippen molar-refractivity contribution in [1.82, 2.24) is 9.97 Å². The Bertz CT molecular complexity index is 318. The van der Waals surface area contributed by atoms with E-state index in [9.17, 15) is 0 Å². The molecule has 16 heavy (non-hydrogen) atoms. The smallest absolute Gasteiger partial charge is 0.225 e. The van der Waals surface area contributed by atoms with E-state index in [-0.39, 0.29) is 5.28 Å². The number of hydrogen-bond acceptors (Lipinski definition) is 3. The first-order valence-corrected chi connectivity index (χ1v) is 6.23. The maximum absolute atomic E-state index is 5.70. The topological polar surface area (TPSA) is 35.0 Å². The molecule has 3 nitrogen and oxygen atoms in total. The third-order valence-corrected chi connectivity index (χ3v) is 2.56. The van der Waals surface area contributed by atoms with Gasteiger partial charge < -0.3 is 4.74 Å². The zero-order valence-corrected chi connectivity index (χ0v) is 10.8. The van der Waals surface area contributed by atoms with Crippen LogP contribution in [0.5, 0.6) is 5.88 Å². The van der Waals surface area contributed by atoms with Crippen molar-refractivity contribution in [1.29, 1.82) is 0 Å². The average Bonchev–Trinajstić information content (AvgIpc) is 2.28. The molecule has 1 heterocycles. The summed E-state index contributed by atoms with van der Waals surface area (Å²) in [6, 6.07) is 0. The fraction of sp³-hybridized carbons (Fsp3) is 0.667. The van der Waals surface area contributed by atoms with Gasteiger partial charge in [0.25, 0.3) is 0 Å². The van der Waals surface area contributed by atoms with Crippen LogP contribution in [0.2, 0.25) is 5.28 Å². The first-order valence-electron chi connectivity index (χ1n) is 5.86. The third kappa shape index (κ3) is 4.79. The Balaban J connectivity index is 2.23. The highest BCUT2D eigenvalue weighted by Crippen LogP contribution is 2.15. The molecule has 4 heteroatoms. The summed E-state index contributed by atoms with van der Waals surface area (Å²) < 4.78 is 5.56. The van der Waals surface area contributed by atoms with Crippen molar-refractivity contribution in [2.45, 2.75) is 46.0 Å². The molecular weight excluding hydrogens is 224 g/mol. The molecule has 0 aliphatic carbocycles. The van der Waals surface area contributed by atoms with Gasteiger partial charge in [-0.2, -0.15) is 4.98 Å². The molecule has 0 aliphatic heterocycles. The summed E-state index contributed by atoms with van der Waals surface area (Å²) in [7, 11) is 0. The van der Waals surface area contributed by atoms with Crippen molar-refractivity contribution in [2.24, 2.45) is 0 Å². The van der Waals surface area contributed by atoms with Crippen molar-refractivity contribution in [2.75, 3.05) is 6.61 Å². The monoisotopic (exact) mass is 242 g/mol. The largest absolute Gasteiger partial charge is 0.477 e. The SMILES string of the molecule is CCCCCCCOc1nc(Cl)ncc1C. The van der Waals surface area contributed by atoms with Gasteiger partial charge in [-0.1, -0.05) is 32.6 Å². The van der Waals surface area contributed by atoms with E-state index in [4.69, 9.17) is 16.3 Å². The number of unbranched alkanes of at least 4 members (excludes halogenated alkanes) is 4. The Labute approximate surface area is 102 Å². The molecule has 0 saturated carbocycles. The van der Waals surface area contributed by atoms with Gasteiger partial charge in [0.15, 0.2) is 0 Å². The first-order chi connectivity index (χ1) is 7.74. The van der Waals surface area contributed by atoms with Crippen LogP contribution >= 0.6 is 11.6 Å². The molecule has 0 unspecified atom stereocenters. The van der Waals surface area contributed by atoms with Crippen molar-refractivity contribution < 1.29 is 4.74 Å². The van der Waals surface area contributed by atoms with E-state index in [1.54, 1.807) is 6.20 Å². The van der Waals surface area contributed by atoms with Crippen LogP contribution in [0, 0.1) is 6.92 Å². The second-order valence-corrected chi connectivity index (χ2v) is 4.23. The van der Waals surface area contributed by atoms with Crippen LogP contribution < -0.4 is 4.74 Å². The summed E-state index contributed by atoms with van der Waals surface area (Å²) in [6.45, 7) is 4.84. The molecule has 0 aliphatic rings. The number of halogens is 1. The Morgan fingerprint density at radius 2 is 2.00 bits per heavy atom. The lowest BCUT2D eigenvalue weighted by molar-refractivity contribution is 0.291. The zero-order chi connectivity index (χ0) is 11.8. The van der Waals surface area contributed by atoms with E-state index < -0.39 is 0 Å². The lowest BCUT2D eigenvalue weighted by Gasteiger charge is -2.07. The van der Waals surface area contributed by atoms with Crippen LogP contribution in [0.4, 0.5) is 0 Å². The summed E-state index contributed by atoms with van der Waals surface area (Å²) in [5, 5.41) is 0.242. The minimum atomic E-state index is 0.242. The summed E-state index contributed by atoms with van der Waals surface area (Å²) in [5.41, 5.74) is 0.929. The highest BCUT2D eigenvalue weighted by atomic mass is 35.5. The molecule has 90 valence electrons. The Kier molecular flexibility index (Phi) is 6.16. The van der Waals surface area contributed by atoms with Crippen LogP contribution in [-0.2, 0) is 0 Å². The second kappa shape index (κ2) is 7.44. The van der Waals surface area contributed by atoms with Crippen LogP contribution in [0.25, 0.3) is 0 Å². The fourth-order valence-corrected chi connectivity index (χ4v) is 1.55. The van der Waals surface area contributed by atoms with Gasteiger partial charge in [0.1, 0.15) is 0 Å². The highest BCUT2D eigenvalue weighted by Gasteiger charge is 2.02. The van der Waals surface area contributed by atoms with Gasteiger partial charge >= 0.3 is 0 Å². The molecule has 1 aromatic rings. The standard InChI is InChI=1S/C12H19ClN2O/c1-3-4-5-6-7-8-16-11-10(2)9-14-12(13)15-11/h9H,3-8H2,1-2H3. The van der Waals surface area contributed by atoms with Gasteiger partial charge in [0.05, 0.1) is 6.61 Å². The molecule has 1 rings (SSSR count). The predicted octanol–water partition coefficient (Wildman–Crippen LogP) is 3.79. The molecule has 0 fully saturated rings. The predicted molar refractivity (Wildman–Crippen MR) is 66.0 cm³/mol. The van der Waals surface area contributed by atoms with Crippen LogP contribution in [0.15, 0.2) is 6.20 Å². The summed E-state index contributed by atoms with van der Waals surface area (Å²) in [6.07, 6.45) is 7.82. The van der Waals surface area contributed by atoms with Gasteiger partial charge in [-0.15, -0.1) is 0 Å². The second-order valence-electron chi connectivity index (χ2n) is 3.89. The van der Waals surface area contributed by atoms with Crippen molar-refractivity contribution in [3.05, 3.63) is 17.0 Å². The van der Waals surface area contributed by atoms with E-state index in [1.165, 1.54) is 25.7 Å². The Morgan fingerprint density at radius 3 is 2.75 bits per heavy atom. The fourth-order valence-electron chi connectivity index (χ4n) is 1.43. The van der Waals surface area contributed by atoms with E-state index in [0.29, 0.717) is 12.5 Å². The molecule has 1 aromatic heterocycles. The van der Waals surface area contributed by atoms with Crippen LogP contribution in [0.1, 0.15) is 44.6 Å². The number of aromatic nitrogens is 2. The minimum absolute atomic E-state index is 0.242. The summed E-state index contributed by atoms with van der Waals surface area (Å²) >= 11 is 5.70. The lowest BCUT2D eigenvalue weighted by Crippen LogP contribution is -2.01. The minimum Gasteiger partial charge on any atom is -0.477 e. The lowest BCUT2D eigenvalue weighted by atomic mass is 10.2. The molecule has 0 atom stereocenters. The van der Waals surface area contributed by atoms with Gasteiger partial charge in [-0.3, -0.25) is 0 Å². The summed E-state index contributed by atoms with van der Waals surface area (Å²) in [4.78, 5) is 7.92. The molecule has 0 N–H and O–H groups in total. The molecule has 0 saturated heterocycles. The average molecular weight is 243 g/mol. The maximum atomic E-state index is 5.70. The molecular formula is C12H19ClN2O.